The van der Waals surface area contributed by atoms with E-state index in [2.05, 4.69) is 16.0 Å². The van der Waals surface area contributed by atoms with Crippen LogP contribution in [-0.2, 0) is 10.0 Å². The summed E-state index contributed by atoms with van der Waals surface area (Å²) in [6, 6.07) is 6.13. The fraction of sp³-hybridized carbons (Fsp3) is 0.385. The second-order valence-corrected chi connectivity index (χ2v) is 7.26. The molecule has 0 aliphatic rings. The maximum absolute atomic E-state index is 11.9. The number of benzene rings is 1. The first-order valence-corrected chi connectivity index (χ1v) is 8.07. The van der Waals surface area contributed by atoms with Crippen molar-refractivity contribution in [1.82, 2.24) is 14.9 Å². The lowest BCUT2D eigenvalue weighted by molar-refractivity contribution is 0.521. The van der Waals surface area contributed by atoms with Crippen molar-refractivity contribution in [2.45, 2.75) is 24.8 Å². The van der Waals surface area contributed by atoms with E-state index in [0.717, 1.165) is 4.31 Å². The molecule has 122 valence electrons. The van der Waals surface area contributed by atoms with Gasteiger partial charge in [0.05, 0.1) is 4.90 Å². The molecule has 0 aliphatic carbocycles. The van der Waals surface area contributed by atoms with E-state index in [1.165, 1.54) is 26.2 Å². The molecule has 0 amide bonds. The average Bonchev–Trinajstić information content (AvgIpc) is 2.37. The molecule has 0 aromatic heterocycles. The molecule has 0 saturated heterocycles. The molecule has 8 nitrogen and oxygen atoms in total. The summed E-state index contributed by atoms with van der Waals surface area (Å²) in [5.74, 6) is -0.0688. The molecule has 0 spiro atoms. The summed E-state index contributed by atoms with van der Waals surface area (Å²) in [6.45, 7) is 3.77. The van der Waals surface area contributed by atoms with Crippen LogP contribution < -0.4 is 16.0 Å². The fourth-order valence-corrected chi connectivity index (χ4v) is 2.45. The van der Waals surface area contributed by atoms with Gasteiger partial charge in [0.2, 0.25) is 10.0 Å². The summed E-state index contributed by atoms with van der Waals surface area (Å²) in [4.78, 5) is 0.178. The summed E-state index contributed by atoms with van der Waals surface area (Å²) >= 11 is 0. The molecule has 1 aromatic carbocycles. The fourth-order valence-electron chi connectivity index (χ4n) is 1.55. The highest BCUT2D eigenvalue weighted by atomic mass is 32.2. The zero-order chi connectivity index (χ0) is 16.9. The molecule has 0 bridgehead atoms. The van der Waals surface area contributed by atoms with Crippen molar-refractivity contribution in [2.75, 3.05) is 19.4 Å². The Hall–Kier alpha value is -2.13. The first kappa shape index (κ1) is 17.9. The SMILES string of the molecule is CC(C)NC(=N)NC(=N)Nc1ccc(S(=O)(=O)N(C)C)cc1. The van der Waals surface area contributed by atoms with Gasteiger partial charge in [-0.3, -0.25) is 16.1 Å². The quantitative estimate of drug-likeness (QED) is 0.414. The molecule has 1 rings (SSSR count). The molecule has 0 fully saturated rings. The monoisotopic (exact) mass is 326 g/mol. The largest absolute Gasteiger partial charge is 0.354 e. The van der Waals surface area contributed by atoms with Crippen molar-refractivity contribution in [2.24, 2.45) is 0 Å². The van der Waals surface area contributed by atoms with E-state index in [1.807, 2.05) is 13.8 Å². The zero-order valence-corrected chi connectivity index (χ0v) is 13.9. The van der Waals surface area contributed by atoms with E-state index < -0.39 is 10.0 Å². The molecule has 22 heavy (non-hydrogen) atoms. The van der Waals surface area contributed by atoms with Crippen LogP contribution in [0.1, 0.15) is 13.8 Å². The Bertz CT molecular complexity index is 637. The zero-order valence-electron chi connectivity index (χ0n) is 13.1. The lowest BCUT2D eigenvalue weighted by Crippen LogP contribution is -2.45. The number of hydrogen-bond acceptors (Lipinski definition) is 4. The van der Waals surface area contributed by atoms with Gasteiger partial charge in [-0.05, 0) is 38.1 Å². The van der Waals surface area contributed by atoms with Gasteiger partial charge in [-0.2, -0.15) is 0 Å². The Balaban J connectivity index is 2.69. The van der Waals surface area contributed by atoms with Crippen LogP contribution >= 0.6 is 0 Å². The van der Waals surface area contributed by atoms with Gasteiger partial charge in [-0.15, -0.1) is 0 Å². The Kier molecular flexibility index (Phi) is 5.89. The minimum atomic E-state index is -3.46. The lowest BCUT2D eigenvalue weighted by Gasteiger charge is -2.15. The second-order valence-electron chi connectivity index (χ2n) is 5.11. The number of sulfonamides is 1. The maximum Gasteiger partial charge on any atom is 0.242 e. The van der Waals surface area contributed by atoms with E-state index >= 15 is 0 Å². The number of nitrogens with zero attached hydrogens (tertiary/aromatic N) is 1. The number of anilines is 1. The molecular formula is C13H22N6O2S. The first-order valence-electron chi connectivity index (χ1n) is 6.63. The summed E-state index contributed by atoms with van der Waals surface area (Å²) in [5, 5.41) is 23.4. The van der Waals surface area contributed by atoms with Crippen molar-refractivity contribution >= 4 is 27.6 Å². The molecule has 0 saturated carbocycles. The van der Waals surface area contributed by atoms with Crippen molar-refractivity contribution in [3.63, 3.8) is 0 Å². The standard InChI is InChI=1S/C13H22N6O2S/c1-9(2)16-12(14)18-13(15)17-10-5-7-11(8-6-10)22(20,21)19(3)4/h5-9H,1-4H3,(H5,14,15,16,17,18). The van der Waals surface area contributed by atoms with Crippen LogP contribution in [0.3, 0.4) is 0 Å². The van der Waals surface area contributed by atoms with Crippen molar-refractivity contribution < 1.29 is 8.42 Å². The van der Waals surface area contributed by atoms with Crippen LogP contribution in [0.4, 0.5) is 5.69 Å². The Morgan fingerprint density at radius 3 is 2.09 bits per heavy atom. The van der Waals surface area contributed by atoms with Crippen LogP contribution in [0.5, 0.6) is 0 Å². The molecule has 0 heterocycles. The van der Waals surface area contributed by atoms with Crippen LogP contribution in [-0.4, -0.2) is 44.8 Å². The number of rotatable bonds is 4. The van der Waals surface area contributed by atoms with Gasteiger partial charge in [0.25, 0.3) is 0 Å². The molecule has 0 unspecified atom stereocenters. The second kappa shape index (κ2) is 7.23. The van der Waals surface area contributed by atoms with E-state index in [1.54, 1.807) is 12.1 Å². The first-order chi connectivity index (χ1) is 10.1. The van der Waals surface area contributed by atoms with Crippen LogP contribution in [0.25, 0.3) is 0 Å². The van der Waals surface area contributed by atoms with Gasteiger partial charge < -0.3 is 10.6 Å². The van der Waals surface area contributed by atoms with Gasteiger partial charge in [-0.1, -0.05) is 0 Å². The summed E-state index contributed by atoms with van der Waals surface area (Å²) in [7, 11) is -0.529. The van der Waals surface area contributed by atoms with Crippen molar-refractivity contribution in [3.8, 4) is 0 Å². The normalized spacial score (nSPS) is 11.4. The van der Waals surface area contributed by atoms with Gasteiger partial charge in [-0.25, -0.2) is 12.7 Å². The predicted octanol–water partition coefficient (Wildman–Crippen LogP) is 0.806. The van der Waals surface area contributed by atoms with E-state index in [9.17, 15) is 8.42 Å². The van der Waals surface area contributed by atoms with Crippen molar-refractivity contribution in [3.05, 3.63) is 24.3 Å². The van der Waals surface area contributed by atoms with Crippen LogP contribution in [0.15, 0.2) is 29.2 Å². The number of guanidine groups is 2. The Morgan fingerprint density at radius 1 is 1.09 bits per heavy atom. The molecule has 9 heteroatoms. The molecule has 1 aromatic rings. The summed E-state index contributed by atoms with van der Waals surface area (Å²) < 4.78 is 25.0. The Labute approximate surface area is 131 Å². The third kappa shape index (κ3) is 5.01. The highest BCUT2D eigenvalue weighted by molar-refractivity contribution is 7.89. The third-order valence-corrected chi connectivity index (χ3v) is 4.41. The minimum Gasteiger partial charge on any atom is -0.354 e. The molecule has 5 N–H and O–H groups in total. The maximum atomic E-state index is 11.9. The van der Waals surface area contributed by atoms with Crippen LogP contribution in [0.2, 0.25) is 0 Å². The Morgan fingerprint density at radius 2 is 1.64 bits per heavy atom. The topological polar surface area (TPSA) is 121 Å². The predicted molar refractivity (Wildman–Crippen MR) is 87.8 cm³/mol. The third-order valence-electron chi connectivity index (χ3n) is 2.59. The highest BCUT2D eigenvalue weighted by Gasteiger charge is 2.16. The molecule has 0 radical (unpaired) electrons. The average molecular weight is 326 g/mol. The van der Waals surface area contributed by atoms with Crippen LogP contribution in [0, 0.1) is 10.8 Å². The van der Waals surface area contributed by atoms with Gasteiger partial charge >= 0.3 is 0 Å². The minimum absolute atomic E-state index is 0.0132. The van der Waals surface area contributed by atoms with E-state index in [4.69, 9.17) is 10.8 Å². The van der Waals surface area contributed by atoms with Gasteiger partial charge in [0.1, 0.15) is 0 Å². The molecular weight excluding hydrogens is 304 g/mol. The molecule has 0 aliphatic heterocycles. The highest BCUT2D eigenvalue weighted by Crippen LogP contribution is 2.16. The smallest absolute Gasteiger partial charge is 0.242 e. The van der Waals surface area contributed by atoms with Crippen molar-refractivity contribution in [1.29, 1.82) is 10.8 Å². The van der Waals surface area contributed by atoms with E-state index in [0.29, 0.717) is 5.69 Å². The van der Waals surface area contributed by atoms with E-state index in [-0.39, 0.29) is 22.9 Å². The van der Waals surface area contributed by atoms with Gasteiger partial charge in [0, 0.05) is 25.8 Å². The molecule has 0 atom stereocenters. The lowest BCUT2D eigenvalue weighted by atomic mass is 10.3. The number of nitrogens with one attached hydrogen (secondary N) is 5. The van der Waals surface area contributed by atoms with Gasteiger partial charge in [0.15, 0.2) is 11.9 Å². The number of hydrogen-bond donors (Lipinski definition) is 5. The summed E-state index contributed by atoms with van der Waals surface area (Å²) in [6.07, 6.45) is 0. The summed E-state index contributed by atoms with van der Waals surface area (Å²) in [5.41, 5.74) is 0.549.